The Morgan fingerprint density at radius 1 is 1.29 bits per heavy atom. The minimum Gasteiger partial charge on any atom is -0.381 e. The average Bonchev–Trinajstić information content (AvgIpc) is 2.96. The summed E-state index contributed by atoms with van der Waals surface area (Å²) in [6, 6.07) is 4.90. The van der Waals surface area contributed by atoms with Crippen molar-refractivity contribution in [3.05, 3.63) is 23.4 Å². The first-order valence-corrected chi connectivity index (χ1v) is 6.63. The lowest BCUT2D eigenvalue weighted by molar-refractivity contribution is 0.108. The van der Waals surface area contributed by atoms with Gasteiger partial charge in [0, 0.05) is 18.8 Å². The Labute approximate surface area is 103 Å². The molecule has 0 amide bonds. The van der Waals surface area contributed by atoms with Gasteiger partial charge in [-0.05, 0) is 50.2 Å². The zero-order chi connectivity index (χ0) is 11.7. The van der Waals surface area contributed by atoms with E-state index in [1.807, 2.05) is 0 Å². The minimum atomic E-state index is 0.432. The number of nitrogens with one attached hydrogen (secondary N) is 1. The molecule has 0 bridgehead atoms. The summed E-state index contributed by atoms with van der Waals surface area (Å²) in [5, 5.41) is 3.54. The highest BCUT2D eigenvalue weighted by Gasteiger charge is 2.24. The lowest BCUT2D eigenvalue weighted by atomic mass is 10.2. The molecule has 0 radical (unpaired) electrons. The van der Waals surface area contributed by atoms with Crippen molar-refractivity contribution >= 4 is 5.82 Å². The van der Waals surface area contributed by atoms with Crippen molar-refractivity contribution in [2.24, 2.45) is 0 Å². The molecule has 0 spiro atoms. The quantitative estimate of drug-likeness (QED) is 0.869. The molecule has 92 valence electrons. The van der Waals surface area contributed by atoms with Gasteiger partial charge in [-0.15, -0.1) is 0 Å². The van der Waals surface area contributed by atoms with E-state index in [4.69, 9.17) is 9.72 Å². The van der Waals surface area contributed by atoms with Crippen LogP contribution in [0.4, 0.5) is 5.82 Å². The molecule has 17 heavy (non-hydrogen) atoms. The number of hydrogen-bond acceptors (Lipinski definition) is 3. The van der Waals surface area contributed by atoms with E-state index >= 15 is 0 Å². The van der Waals surface area contributed by atoms with Gasteiger partial charge in [0.2, 0.25) is 0 Å². The first-order valence-electron chi connectivity index (χ1n) is 6.63. The molecule has 3 heteroatoms. The predicted molar refractivity (Wildman–Crippen MR) is 68.3 cm³/mol. The first-order chi connectivity index (χ1) is 8.35. The molecule has 0 aromatic carbocycles. The second-order valence-electron chi connectivity index (χ2n) is 5.17. The molecular formula is C14H20N2O. The molecule has 3 nitrogen and oxygen atoms in total. The second-order valence-corrected chi connectivity index (χ2v) is 5.17. The fourth-order valence-corrected chi connectivity index (χ4v) is 3.00. The van der Waals surface area contributed by atoms with E-state index in [0.29, 0.717) is 12.1 Å². The van der Waals surface area contributed by atoms with E-state index in [0.717, 1.165) is 18.7 Å². The van der Waals surface area contributed by atoms with Gasteiger partial charge in [0.15, 0.2) is 0 Å². The van der Waals surface area contributed by atoms with Gasteiger partial charge in [-0.25, -0.2) is 4.98 Å². The van der Waals surface area contributed by atoms with E-state index in [1.165, 1.54) is 36.9 Å². The summed E-state index contributed by atoms with van der Waals surface area (Å²) >= 11 is 0. The summed E-state index contributed by atoms with van der Waals surface area (Å²) in [5.74, 6) is 1.05. The van der Waals surface area contributed by atoms with E-state index < -0.39 is 0 Å². The first kappa shape index (κ1) is 11.0. The maximum atomic E-state index is 5.39. The average molecular weight is 232 g/mol. The molecule has 3 rings (SSSR count). The Bertz CT molecular complexity index is 405. The van der Waals surface area contributed by atoms with E-state index in [-0.39, 0.29) is 0 Å². The van der Waals surface area contributed by atoms with Crippen LogP contribution in [-0.4, -0.2) is 24.2 Å². The summed E-state index contributed by atoms with van der Waals surface area (Å²) in [5.41, 5.74) is 2.74. The highest BCUT2D eigenvalue weighted by molar-refractivity contribution is 5.41. The predicted octanol–water partition coefficient (Wildman–Crippen LogP) is 2.55. The molecule has 2 aliphatic carbocycles. The van der Waals surface area contributed by atoms with Crippen LogP contribution in [0, 0.1) is 0 Å². The zero-order valence-corrected chi connectivity index (χ0v) is 10.4. The highest BCUT2D eigenvalue weighted by Crippen LogP contribution is 2.26. The van der Waals surface area contributed by atoms with Crippen LogP contribution in [0.2, 0.25) is 0 Å². The number of ether oxygens (including phenoxy) is 1. The van der Waals surface area contributed by atoms with Gasteiger partial charge in [0.05, 0.1) is 6.10 Å². The molecule has 1 saturated carbocycles. The van der Waals surface area contributed by atoms with Gasteiger partial charge < -0.3 is 10.1 Å². The number of anilines is 1. The van der Waals surface area contributed by atoms with Gasteiger partial charge in [-0.3, -0.25) is 0 Å². The van der Waals surface area contributed by atoms with Gasteiger partial charge >= 0.3 is 0 Å². The Balaban J connectivity index is 1.65. The lowest BCUT2D eigenvalue weighted by Gasteiger charge is -2.14. The third kappa shape index (κ3) is 2.29. The van der Waals surface area contributed by atoms with Crippen LogP contribution in [0.25, 0.3) is 0 Å². The molecule has 2 unspecified atom stereocenters. The molecule has 0 saturated heterocycles. The highest BCUT2D eigenvalue weighted by atomic mass is 16.5. The Kier molecular flexibility index (Phi) is 3.02. The zero-order valence-electron chi connectivity index (χ0n) is 10.4. The SMILES string of the molecule is COC1CCC(Nc2ccc3c(n2)CCC3)C1. The van der Waals surface area contributed by atoms with Gasteiger partial charge in [-0.1, -0.05) is 6.07 Å². The van der Waals surface area contributed by atoms with E-state index in [1.54, 1.807) is 7.11 Å². The van der Waals surface area contributed by atoms with Crippen molar-refractivity contribution < 1.29 is 4.74 Å². The van der Waals surface area contributed by atoms with Crippen LogP contribution in [0.5, 0.6) is 0 Å². The number of fused-ring (bicyclic) bond motifs is 1. The van der Waals surface area contributed by atoms with Crippen molar-refractivity contribution in [1.82, 2.24) is 4.98 Å². The largest absolute Gasteiger partial charge is 0.381 e. The van der Waals surface area contributed by atoms with Crippen LogP contribution in [0.1, 0.15) is 36.9 Å². The number of nitrogens with zero attached hydrogens (tertiary/aromatic N) is 1. The summed E-state index contributed by atoms with van der Waals surface area (Å²) < 4.78 is 5.39. The van der Waals surface area contributed by atoms with Crippen molar-refractivity contribution in [2.75, 3.05) is 12.4 Å². The third-order valence-electron chi connectivity index (χ3n) is 4.00. The number of aromatic nitrogens is 1. The smallest absolute Gasteiger partial charge is 0.126 e. The topological polar surface area (TPSA) is 34.1 Å². The maximum Gasteiger partial charge on any atom is 0.126 e. The van der Waals surface area contributed by atoms with Crippen LogP contribution in [0.15, 0.2) is 12.1 Å². The van der Waals surface area contributed by atoms with Crippen molar-refractivity contribution in [1.29, 1.82) is 0 Å². The van der Waals surface area contributed by atoms with Crippen LogP contribution >= 0.6 is 0 Å². The summed E-state index contributed by atoms with van der Waals surface area (Å²) in [6.07, 6.45) is 7.52. The lowest BCUT2D eigenvalue weighted by Crippen LogP contribution is -2.18. The van der Waals surface area contributed by atoms with Crippen molar-refractivity contribution in [3.8, 4) is 0 Å². The number of methoxy groups -OCH3 is 1. The third-order valence-corrected chi connectivity index (χ3v) is 4.00. The van der Waals surface area contributed by atoms with E-state index in [9.17, 15) is 0 Å². The standard InChI is InChI=1S/C14H20N2O/c1-17-12-7-6-11(9-12)15-14-8-5-10-3-2-4-13(10)16-14/h5,8,11-12H,2-4,6-7,9H2,1H3,(H,15,16). The summed E-state index contributed by atoms with van der Waals surface area (Å²) in [6.45, 7) is 0. The second kappa shape index (κ2) is 4.65. The van der Waals surface area contributed by atoms with E-state index in [2.05, 4.69) is 17.4 Å². The molecule has 1 fully saturated rings. The number of hydrogen-bond donors (Lipinski definition) is 1. The van der Waals surface area contributed by atoms with Crippen molar-refractivity contribution in [3.63, 3.8) is 0 Å². The normalized spacial score (nSPS) is 27.1. The van der Waals surface area contributed by atoms with Gasteiger partial charge in [-0.2, -0.15) is 0 Å². The molecule has 2 atom stereocenters. The molecule has 1 aromatic rings. The van der Waals surface area contributed by atoms with Crippen LogP contribution in [-0.2, 0) is 17.6 Å². The van der Waals surface area contributed by atoms with Crippen LogP contribution in [0.3, 0.4) is 0 Å². The molecule has 1 aromatic heterocycles. The Morgan fingerprint density at radius 3 is 3.06 bits per heavy atom. The number of pyridine rings is 1. The van der Waals surface area contributed by atoms with Gasteiger partial charge in [0.25, 0.3) is 0 Å². The van der Waals surface area contributed by atoms with Crippen molar-refractivity contribution in [2.45, 2.75) is 50.7 Å². The minimum absolute atomic E-state index is 0.432. The van der Waals surface area contributed by atoms with Crippen LogP contribution < -0.4 is 5.32 Å². The molecule has 1 heterocycles. The monoisotopic (exact) mass is 232 g/mol. The molecule has 0 aliphatic heterocycles. The fraction of sp³-hybridized carbons (Fsp3) is 0.643. The molecule has 2 aliphatic rings. The number of aryl methyl sites for hydroxylation is 2. The Morgan fingerprint density at radius 2 is 2.24 bits per heavy atom. The summed E-state index contributed by atoms with van der Waals surface area (Å²) in [7, 11) is 1.81. The summed E-state index contributed by atoms with van der Waals surface area (Å²) in [4.78, 5) is 4.72. The molecular weight excluding hydrogens is 212 g/mol. The number of rotatable bonds is 3. The Hall–Kier alpha value is -1.09. The maximum absolute atomic E-state index is 5.39. The van der Waals surface area contributed by atoms with Gasteiger partial charge in [0.1, 0.15) is 5.82 Å². The molecule has 1 N–H and O–H groups in total. The fourth-order valence-electron chi connectivity index (χ4n) is 3.00.